The number of aryl methyl sites for hydroxylation is 1. The first-order valence-corrected chi connectivity index (χ1v) is 9.08. The molecule has 1 aliphatic heterocycles. The van der Waals surface area contributed by atoms with E-state index in [0.29, 0.717) is 30.8 Å². The lowest BCUT2D eigenvalue weighted by molar-refractivity contribution is -0.143. The summed E-state index contributed by atoms with van der Waals surface area (Å²) in [6.45, 7) is 3.02. The Morgan fingerprint density at radius 3 is 2.40 bits per heavy atom. The third kappa shape index (κ3) is 3.69. The number of piperidine rings is 1. The zero-order valence-electron chi connectivity index (χ0n) is 14.3. The molecule has 0 radical (unpaired) electrons. The number of ether oxygens (including phenoxy) is 1. The van der Waals surface area contributed by atoms with Gasteiger partial charge in [0, 0.05) is 18.0 Å². The van der Waals surface area contributed by atoms with Crippen molar-refractivity contribution in [3.05, 3.63) is 40.1 Å². The molecule has 2 aromatic rings. The second kappa shape index (κ2) is 7.27. The summed E-state index contributed by atoms with van der Waals surface area (Å²) in [5.74, 6) is -0.296. The van der Waals surface area contributed by atoms with Crippen LogP contribution in [-0.2, 0) is 4.79 Å². The molecule has 1 amide bonds. The zero-order valence-corrected chi connectivity index (χ0v) is 15.1. The van der Waals surface area contributed by atoms with Crippen LogP contribution in [0.4, 0.5) is 0 Å². The third-order valence-electron chi connectivity index (χ3n) is 4.66. The molecule has 0 bridgehead atoms. The minimum Gasteiger partial charge on any atom is -0.497 e. The largest absolute Gasteiger partial charge is 0.497 e. The molecular formula is C19H21NO4S. The molecule has 1 aromatic carbocycles. The highest BCUT2D eigenvalue weighted by Gasteiger charge is 2.28. The van der Waals surface area contributed by atoms with Gasteiger partial charge in [0.2, 0.25) is 0 Å². The van der Waals surface area contributed by atoms with Crippen molar-refractivity contribution < 1.29 is 19.4 Å². The van der Waals surface area contributed by atoms with E-state index in [0.717, 1.165) is 21.8 Å². The molecule has 25 heavy (non-hydrogen) atoms. The first-order valence-electron chi connectivity index (χ1n) is 8.26. The Morgan fingerprint density at radius 1 is 1.20 bits per heavy atom. The molecule has 0 saturated carbocycles. The van der Waals surface area contributed by atoms with Crippen molar-refractivity contribution in [2.24, 2.45) is 5.92 Å². The predicted octanol–water partition coefficient (Wildman–Crippen LogP) is 3.67. The second-order valence-corrected chi connectivity index (χ2v) is 7.47. The Hall–Kier alpha value is -2.34. The highest BCUT2D eigenvalue weighted by molar-refractivity contribution is 7.14. The Kier molecular flexibility index (Phi) is 5.08. The number of carboxylic acid groups (broad SMARTS) is 1. The van der Waals surface area contributed by atoms with Gasteiger partial charge in [-0.2, -0.15) is 0 Å². The number of carbonyl (C=O) groups excluding carboxylic acids is 1. The molecule has 3 rings (SSSR count). The van der Waals surface area contributed by atoms with Gasteiger partial charge >= 0.3 is 5.97 Å². The number of methoxy groups -OCH3 is 1. The number of hydrogen-bond acceptors (Lipinski definition) is 4. The maximum atomic E-state index is 12.7. The highest BCUT2D eigenvalue weighted by Crippen LogP contribution is 2.33. The van der Waals surface area contributed by atoms with E-state index in [2.05, 4.69) is 0 Å². The maximum Gasteiger partial charge on any atom is 0.306 e. The molecule has 0 atom stereocenters. The van der Waals surface area contributed by atoms with Crippen LogP contribution in [0.15, 0.2) is 30.3 Å². The molecule has 0 aliphatic carbocycles. The van der Waals surface area contributed by atoms with Gasteiger partial charge in [-0.05, 0) is 49.1 Å². The van der Waals surface area contributed by atoms with Crippen LogP contribution >= 0.6 is 11.3 Å². The molecule has 2 heterocycles. The summed E-state index contributed by atoms with van der Waals surface area (Å²) in [5.41, 5.74) is 2.11. The van der Waals surface area contributed by atoms with Gasteiger partial charge in [0.25, 0.3) is 5.91 Å². The van der Waals surface area contributed by atoms with E-state index in [4.69, 9.17) is 9.84 Å². The van der Waals surface area contributed by atoms with Crippen LogP contribution in [0.1, 0.15) is 27.4 Å². The van der Waals surface area contributed by atoms with Crippen molar-refractivity contribution in [2.75, 3.05) is 20.2 Å². The third-order valence-corrected chi connectivity index (χ3v) is 5.70. The normalized spacial score (nSPS) is 15.2. The molecule has 5 nitrogen and oxygen atoms in total. The maximum absolute atomic E-state index is 12.7. The fourth-order valence-corrected chi connectivity index (χ4v) is 4.14. The molecule has 1 saturated heterocycles. The molecule has 1 fully saturated rings. The van der Waals surface area contributed by atoms with Crippen molar-refractivity contribution in [1.82, 2.24) is 4.90 Å². The van der Waals surface area contributed by atoms with Crippen molar-refractivity contribution >= 4 is 23.2 Å². The van der Waals surface area contributed by atoms with E-state index in [1.54, 1.807) is 12.0 Å². The Balaban J connectivity index is 1.75. The van der Waals surface area contributed by atoms with E-state index in [-0.39, 0.29) is 11.8 Å². The van der Waals surface area contributed by atoms with Gasteiger partial charge in [-0.25, -0.2) is 0 Å². The van der Waals surface area contributed by atoms with Gasteiger partial charge in [0.1, 0.15) is 5.75 Å². The smallest absolute Gasteiger partial charge is 0.306 e. The fourth-order valence-electron chi connectivity index (χ4n) is 3.13. The molecule has 132 valence electrons. The molecule has 6 heteroatoms. The summed E-state index contributed by atoms with van der Waals surface area (Å²) in [5, 5.41) is 9.07. The number of likely N-dealkylation sites (tertiary alicyclic amines) is 1. The number of thiophene rings is 1. The van der Waals surface area contributed by atoms with Crippen molar-refractivity contribution in [2.45, 2.75) is 19.8 Å². The molecule has 0 unspecified atom stereocenters. The predicted molar refractivity (Wildman–Crippen MR) is 97.3 cm³/mol. The quantitative estimate of drug-likeness (QED) is 0.904. The van der Waals surface area contributed by atoms with Gasteiger partial charge in [-0.1, -0.05) is 12.1 Å². The monoisotopic (exact) mass is 359 g/mol. The molecule has 1 N–H and O–H groups in total. The standard InChI is InChI=1S/C19H21NO4S/c1-12-16(13-3-5-15(24-2)6-4-13)11-17(25-12)18(21)20-9-7-14(8-10-20)19(22)23/h3-6,11,14H,7-10H2,1-2H3,(H,22,23). The first kappa shape index (κ1) is 17.5. The van der Waals surface area contributed by atoms with E-state index >= 15 is 0 Å². The van der Waals surface area contributed by atoms with Crippen LogP contribution in [0.2, 0.25) is 0 Å². The average molecular weight is 359 g/mol. The van der Waals surface area contributed by atoms with Crippen LogP contribution < -0.4 is 4.74 Å². The fraction of sp³-hybridized carbons (Fsp3) is 0.368. The van der Waals surface area contributed by atoms with Crippen molar-refractivity contribution in [3.63, 3.8) is 0 Å². The van der Waals surface area contributed by atoms with Crippen LogP contribution in [0.5, 0.6) is 5.75 Å². The summed E-state index contributed by atoms with van der Waals surface area (Å²) in [6.07, 6.45) is 1.05. The van der Waals surface area contributed by atoms with Gasteiger partial charge in [0.15, 0.2) is 0 Å². The Morgan fingerprint density at radius 2 is 1.84 bits per heavy atom. The number of amides is 1. The lowest BCUT2D eigenvalue weighted by atomic mass is 9.97. The van der Waals surface area contributed by atoms with E-state index in [1.807, 2.05) is 37.3 Å². The van der Waals surface area contributed by atoms with E-state index in [1.165, 1.54) is 11.3 Å². The Labute approximate surface area is 150 Å². The number of aliphatic carboxylic acids is 1. The molecule has 0 spiro atoms. The van der Waals surface area contributed by atoms with Gasteiger partial charge in [-0.15, -0.1) is 11.3 Å². The summed E-state index contributed by atoms with van der Waals surface area (Å²) in [7, 11) is 1.63. The van der Waals surface area contributed by atoms with Crippen molar-refractivity contribution in [3.8, 4) is 16.9 Å². The second-order valence-electron chi connectivity index (χ2n) is 6.21. The number of carbonyl (C=O) groups is 2. The summed E-state index contributed by atoms with van der Waals surface area (Å²) < 4.78 is 5.18. The zero-order chi connectivity index (χ0) is 18.0. The molecular weight excluding hydrogens is 338 g/mol. The van der Waals surface area contributed by atoms with Crippen LogP contribution in [-0.4, -0.2) is 42.1 Å². The van der Waals surface area contributed by atoms with Gasteiger partial charge in [-0.3, -0.25) is 9.59 Å². The SMILES string of the molecule is COc1ccc(-c2cc(C(=O)N3CCC(C(=O)O)CC3)sc2C)cc1. The minimum atomic E-state index is -0.763. The van der Waals surface area contributed by atoms with Crippen molar-refractivity contribution in [1.29, 1.82) is 0 Å². The number of nitrogens with zero attached hydrogens (tertiary/aromatic N) is 1. The number of carboxylic acids is 1. The number of hydrogen-bond donors (Lipinski definition) is 1. The number of rotatable bonds is 4. The topological polar surface area (TPSA) is 66.8 Å². The summed E-state index contributed by atoms with van der Waals surface area (Å²) in [6, 6.07) is 9.73. The Bertz CT molecular complexity index is 773. The van der Waals surface area contributed by atoms with Crippen LogP contribution in [0.25, 0.3) is 11.1 Å². The molecule has 1 aliphatic rings. The van der Waals surface area contributed by atoms with E-state index in [9.17, 15) is 9.59 Å². The number of benzene rings is 1. The van der Waals surface area contributed by atoms with Crippen LogP contribution in [0.3, 0.4) is 0 Å². The lowest BCUT2D eigenvalue weighted by Gasteiger charge is -2.29. The minimum absolute atomic E-state index is 0.00306. The molecule has 1 aromatic heterocycles. The van der Waals surface area contributed by atoms with Gasteiger partial charge < -0.3 is 14.7 Å². The van der Waals surface area contributed by atoms with E-state index < -0.39 is 5.97 Å². The first-order chi connectivity index (χ1) is 12.0. The summed E-state index contributed by atoms with van der Waals surface area (Å²) >= 11 is 1.49. The highest BCUT2D eigenvalue weighted by atomic mass is 32.1. The lowest BCUT2D eigenvalue weighted by Crippen LogP contribution is -2.39. The van der Waals surface area contributed by atoms with Crippen LogP contribution in [0, 0.1) is 12.8 Å². The van der Waals surface area contributed by atoms with Gasteiger partial charge in [0.05, 0.1) is 17.9 Å². The average Bonchev–Trinajstić information content (AvgIpc) is 3.03. The summed E-state index contributed by atoms with van der Waals surface area (Å²) in [4.78, 5) is 27.3.